The van der Waals surface area contributed by atoms with Crippen LogP contribution in [0.4, 0.5) is 4.39 Å². The molecule has 0 aromatic heterocycles. The van der Waals surface area contributed by atoms with Gasteiger partial charge in [0.25, 0.3) is 5.91 Å². The number of carbonyl (C=O) groups excluding carboxylic acids is 1. The van der Waals surface area contributed by atoms with E-state index in [9.17, 15) is 9.18 Å². The van der Waals surface area contributed by atoms with Gasteiger partial charge in [0.05, 0.1) is 5.56 Å². The van der Waals surface area contributed by atoms with Gasteiger partial charge >= 0.3 is 0 Å². The van der Waals surface area contributed by atoms with Crippen molar-refractivity contribution in [2.75, 3.05) is 13.1 Å². The van der Waals surface area contributed by atoms with E-state index in [0.29, 0.717) is 11.0 Å². The van der Waals surface area contributed by atoms with E-state index in [4.69, 9.17) is 0 Å². The smallest absolute Gasteiger partial charge is 0.257 e. The Kier molecular flexibility index (Phi) is 5.77. The van der Waals surface area contributed by atoms with Crippen LogP contribution in [0.1, 0.15) is 24.2 Å². The van der Waals surface area contributed by atoms with Gasteiger partial charge in [-0.15, -0.1) is 12.4 Å². The minimum atomic E-state index is -0.471. The average molecular weight is 352 g/mol. The Morgan fingerprint density at radius 3 is 2.84 bits per heavy atom. The fourth-order valence-electron chi connectivity index (χ4n) is 2.12. The largest absolute Gasteiger partial charge is 0.333 e. The van der Waals surface area contributed by atoms with Gasteiger partial charge < -0.3 is 10.2 Å². The second-order valence-corrected chi connectivity index (χ2v) is 5.66. The van der Waals surface area contributed by atoms with Crippen LogP contribution < -0.4 is 5.32 Å². The van der Waals surface area contributed by atoms with E-state index in [2.05, 4.69) is 21.2 Å². The predicted molar refractivity (Wildman–Crippen MR) is 79.3 cm³/mol. The molecule has 1 aliphatic rings. The molecule has 1 N–H and O–H groups in total. The van der Waals surface area contributed by atoms with E-state index in [1.165, 1.54) is 12.1 Å². The molecule has 3 nitrogen and oxygen atoms in total. The normalized spacial score (nSPS) is 22.8. The maximum atomic E-state index is 13.7. The number of rotatable bonds is 1. The van der Waals surface area contributed by atoms with Gasteiger partial charge in [0, 0.05) is 29.6 Å². The molecular formula is C13H17BrClFN2O. The summed E-state index contributed by atoms with van der Waals surface area (Å²) < 4.78 is 14.4. The van der Waals surface area contributed by atoms with Crippen LogP contribution >= 0.6 is 28.3 Å². The third kappa shape index (κ3) is 3.68. The highest BCUT2D eigenvalue weighted by Crippen LogP contribution is 2.19. The minimum Gasteiger partial charge on any atom is -0.333 e. The van der Waals surface area contributed by atoms with Gasteiger partial charge in [0.15, 0.2) is 0 Å². The number of carbonyl (C=O) groups is 1. The van der Waals surface area contributed by atoms with E-state index in [1.54, 1.807) is 11.0 Å². The first-order valence-electron chi connectivity index (χ1n) is 5.98. The van der Waals surface area contributed by atoms with Gasteiger partial charge in [-0.05, 0) is 32.0 Å². The number of hydrogen-bond acceptors (Lipinski definition) is 2. The summed E-state index contributed by atoms with van der Waals surface area (Å²) in [7, 11) is 0. The Morgan fingerprint density at radius 1 is 1.47 bits per heavy atom. The molecule has 6 heteroatoms. The molecule has 2 atom stereocenters. The Labute approximate surface area is 127 Å². The van der Waals surface area contributed by atoms with Crippen molar-refractivity contribution in [1.29, 1.82) is 0 Å². The summed E-state index contributed by atoms with van der Waals surface area (Å²) in [5.41, 5.74) is 0.130. The molecule has 0 saturated carbocycles. The van der Waals surface area contributed by atoms with Crippen LogP contribution in [0, 0.1) is 5.82 Å². The molecule has 1 aromatic carbocycles. The third-order valence-corrected chi connectivity index (χ3v) is 3.68. The van der Waals surface area contributed by atoms with Gasteiger partial charge in [-0.25, -0.2) is 4.39 Å². The van der Waals surface area contributed by atoms with Crippen molar-refractivity contribution in [3.63, 3.8) is 0 Å². The van der Waals surface area contributed by atoms with Crippen LogP contribution in [0.2, 0.25) is 0 Å². The lowest BCUT2D eigenvalue weighted by molar-refractivity contribution is 0.0611. The van der Waals surface area contributed by atoms with Crippen LogP contribution in [0.15, 0.2) is 22.7 Å². The van der Waals surface area contributed by atoms with Gasteiger partial charge in [0.2, 0.25) is 0 Å². The van der Waals surface area contributed by atoms with Crippen molar-refractivity contribution in [3.8, 4) is 0 Å². The lowest BCUT2D eigenvalue weighted by Gasteiger charge is -2.37. The summed E-state index contributed by atoms with van der Waals surface area (Å²) in [5.74, 6) is -0.712. The molecule has 1 heterocycles. The standard InChI is InChI=1S/C13H16BrFN2O.ClH/c1-8-7-17(9(2)6-16-8)13(18)11-5-10(14)3-4-12(11)15;/h3-5,8-9,16H,6-7H2,1-2H3;1H. The highest BCUT2D eigenvalue weighted by Gasteiger charge is 2.28. The highest BCUT2D eigenvalue weighted by atomic mass is 79.9. The van der Waals surface area contributed by atoms with Crippen molar-refractivity contribution >= 4 is 34.2 Å². The van der Waals surface area contributed by atoms with Gasteiger partial charge in [-0.1, -0.05) is 15.9 Å². The van der Waals surface area contributed by atoms with E-state index < -0.39 is 5.82 Å². The molecular weight excluding hydrogens is 335 g/mol. The first-order valence-corrected chi connectivity index (χ1v) is 6.77. The molecule has 2 rings (SSSR count). The van der Waals surface area contributed by atoms with Crippen molar-refractivity contribution in [2.45, 2.75) is 25.9 Å². The van der Waals surface area contributed by atoms with Crippen molar-refractivity contribution in [2.24, 2.45) is 0 Å². The monoisotopic (exact) mass is 350 g/mol. The molecule has 0 bridgehead atoms. The van der Waals surface area contributed by atoms with Gasteiger partial charge in [-0.3, -0.25) is 4.79 Å². The summed E-state index contributed by atoms with van der Waals surface area (Å²) in [6.07, 6.45) is 0. The number of nitrogens with zero attached hydrogens (tertiary/aromatic N) is 1. The van der Waals surface area contributed by atoms with Crippen LogP contribution in [0.3, 0.4) is 0 Å². The zero-order chi connectivity index (χ0) is 13.3. The number of halogens is 3. The zero-order valence-electron chi connectivity index (χ0n) is 10.8. The van der Waals surface area contributed by atoms with Crippen LogP contribution in [-0.2, 0) is 0 Å². The summed E-state index contributed by atoms with van der Waals surface area (Å²) >= 11 is 3.27. The van der Waals surface area contributed by atoms with Gasteiger partial charge in [0.1, 0.15) is 5.82 Å². The summed E-state index contributed by atoms with van der Waals surface area (Å²) in [4.78, 5) is 14.1. The van der Waals surface area contributed by atoms with Crippen molar-refractivity contribution < 1.29 is 9.18 Å². The second-order valence-electron chi connectivity index (χ2n) is 4.74. The molecule has 1 aliphatic heterocycles. The number of hydrogen-bond donors (Lipinski definition) is 1. The minimum absolute atomic E-state index is 0. The highest BCUT2D eigenvalue weighted by molar-refractivity contribution is 9.10. The molecule has 1 saturated heterocycles. The fraction of sp³-hybridized carbons (Fsp3) is 0.462. The van der Waals surface area contributed by atoms with Crippen LogP contribution in [-0.4, -0.2) is 36.0 Å². The predicted octanol–water partition coefficient (Wildman–Crippen LogP) is 2.83. The Bertz CT molecular complexity index is 472. The van der Waals surface area contributed by atoms with Gasteiger partial charge in [-0.2, -0.15) is 0 Å². The molecule has 0 radical (unpaired) electrons. The number of nitrogens with one attached hydrogen (secondary N) is 1. The zero-order valence-corrected chi connectivity index (χ0v) is 13.2. The van der Waals surface area contributed by atoms with E-state index in [1.807, 2.05) is 13.8 Å². The summed E-state index contributed by atoms with van der Waals surface area (Å²) in [6, 6.07) is 4.76. The number of amides is 1. The molecule has 2 unspecified atom stereocenters. The summed E-state index contributed by atoms with van der Waals surface area (Å²) in [6.45, 7) is 5.32. The number of piperazine rings is 1. The fourth-order valence-corrected chi connectivity index (χ4v) is 2.48. The average Bonchev–Trinajstić information content (AvgIpc) is 2.34. The van der Waals surface area contributed by atoms with E-state index >= 15 is 0 Å². The molecule has 19 heavy (non-hydrogen) atoms. The van der Waals surface area contributed by atoms with Crippen molar-refractivity contribution in [3.05, 3.63) is 34.1 Å². The quantitative estimate of drug-likeness (QED) is 0.844. The Morgan fingerprint density at radius 2 is 2.16 bits per heavy atom. The van der Waals surface area contributed by atoms with E-state index in [0.717, 1.165) is 6.54 Å². The lowest BCUT2D eigenvalue weighted by Crippen LogP contribution is -2.56. The van der Waals surface area contributed by atoms with Crippen LogP contribution in [0.25, 0.3) is 0 Å². The number of benzene rings is 1. The maximum absolute atomic E-state index is 13.7. The molecule has 0 spiro atoms. The molecule has 1 amide bonds. The first kappa shape index (κ1) is 16.4. The molecule has 0 aliphatic carbocycles. The molecule has 1 fully saturated rings. The summed E-state index contributed by atoms with van der Waals surface area (Å²) in [5, 5.41) is 3.30. The Balaban J connectivity index is 0.00000180. The topological polar surface area (TPSA) is 32.3 Å². The maximum Gasteiger partial charge on any atom is 0.257 e. The first-order chi connectivity index (χ1) is 8.49. The lowest BCUT2D eigenvalue weighted by atomic mass is 10.1. The third-order valence-electron chi connectivity index (χ3n) is 3.18. The second kappa shape index (κ2) is 6.68. The molecule has 1 aromatic rings. The van der Waals surface area contributed by atoms with Crippen molar-refractivity contribution in [1.82, 2.24) is 10.2 Å². The van der Waals surface area contributed by atoms with E-state index in [-0.39, 0.29) is 36.0 Å². The Hall–Kier alpha value is -0.650. The SMILES string of the molecule is CC1CN(C(=O)c2cc(Br)ccc2F)C(C)CN1.Cl. The molecule has 106 valence electrons. The van der Waals surface area contributed by atoms with Crippen LogP contribution in [0.5, 0.6) is 0 Å².